The van der Waals surface area contributed by atoms with Gasteiger partial charge in [-0.2, -0.15) is 5.26 Å². The van der Waals surface area contributed by atoms with Gasteiger partial charge in [0.15, 0.2) is 5.82 Å². The number of hydrogen-bond donors (Lipinski definition) is 0. The summed E-state index contributed by atoms with van der Waals surface area (Å²) in [6, 6.07) is 7.19. The highest BCUT2D eigenvalue weighted by molar-refractivity contribution is 5.73. The van der Waals surface area contributed by atoms with Crippen LogP contribution in [0.1, 0.15) is 88.7 Å². The summed E-state index contributed by atoms with van der Waals surface area (Å²) in [5.41, 5.74) is 2.26. The van der Waals surface area contributed by atoms with Gasteiger partial charge in [0.2, 0.25) is 0 Å². The highest BCUT2D eigenvalue weighted by atomic mass is 16.5. The molecule has 0 radical (unpaired) electrons. The van der Waals surface area contributed by atoms with E-state index in [2.05, 4.69) is 23.0 Å². The third-order valence-electron chi connectivity index (χ3n) is 6.08. The molecule has 0 atom stereocenters. The molecule has 30 heavy (non-hydrogen) atoms. The van der Waals surface area contributed by atoms with Crippen LogP contribution in [0.4, 0.5) is 0 Å². The minimum Gasteiger partial charge on any atom is -0.425 e. The van der Waals surface area contributed by atoms with Crippen molar-refractivity contribution in [1.82, 2.24) is 9.97 Å². The second kappa shape index (κ2) is 10.9. The van der Waals surface area contributed by atoms with Gasteiger partial charge in [-0.25, -0.2) is 9.97 Å². The van der Waals surface area contributed by atoms with Crippen molar-refractivity contribution >= 4 is 5.97 Å². The molecule has 0 amide bonds. The Morgan fingerprint density at radius 1 is 1.13 bits per heavy atom. The van der Waals surface area contributed by atoms with Crippen molar-refractivity contribution in [2.45, 2.75) is 77.6 Å². The lowest BCUT2D eigenvalue weighted by atomic mass is 9.77. The fraction of sp³-hybridized carbons (Fsp3) is 0.520. The molecule has 1 fully saturated rings. The van der Waals surface area contributed by atoms with Gasteiger partial charge in [-0.1, -0.05) is 39.5 Å². The Kier molecular flexibility index (Phi) is 7.96. The molecule has 0 unspecified atom stereocenters. The lowest BCUT2D eigenvalue weighted by Crippen LogP contribution is -2.14. The molecule has 0 aliphatic heterocycles. The second-order valence-corrected chi connectivity index (χ2v) is 8.20. The molecule has 0 N–H and O–H groups in total. The molecule has 5 heteroatoms. The van der Waals surface area contributed by atoms with Crippen molar-refractivity contribution in [2.75, 3.05) is 0 Å². The molecule has 0 saturated heterocycles. The van der Waals surface area contributed by atoms with E-state index in [1.165, 1.54) is 56.9 Å². The molecule has 2 aromatic rings. The van der Waals surface area contributed by atoms with Crippen LogP contribution in [0.3, 0.4) is 0 Å². The Labute approximate surface area is 179 Å². The SMILES string of the molecule is CCCCCC1CCC(c2cnc(-c3ccc(OC(=O)CC)c(C#N)c3)nc2)CC1. The Balaban J connectivity index is 1.63. The van der Waals surface area contributed by atoms with Crippen molar-refractivity contribution in [1.29, 1.82) is 5.26 Å². The molecule has 0 bridgehead atoms. The smallest absolute Gasteiger partial charge is 0.310 e. The normalized spacial score (nSPS) is 18.6. The first kappa shape index (κ1) is 22.0. The van der Waals surface area contributed by atoms with Crippen molar-refractivity contribution in [3.63, 3.8) is 0 Å². The fourth-order valence-corrected chi connectivity index (χ4v) is 4.21. The summed E-state index contributed by atoms with van der Waals surface area (Å²) >= 11 is 0. The third kappa shape index (κ3) is 5.66. The molecular weight excluding hydrogens is 374 g/mol. The summed E-state index contributed by atoms with van der Waals surface area (Å²) in [7, 11) is 0. The molecule has 1 aliphatic carbocycles. The van der Waals surface area contributed by atoms with Gasteiger partial charge < -0.3 is 4.74 Å². The minimum atomic E-state index is -0.361. The van der Waals surface area contributed by atoms with Gasteiger partial charge in [0.05, 0.1) is 5.56 Å². The Bertz CT molecular complexity index is 878. The van der Waals surface area contributed by atoms with Gasteiger partial charge >= 0.3 is 5.97 Å². The molecule has 3 rings (SSSR count). The number of hydrogen-bond acceptors (Lipinski definition) is 5. The van der Waals surface area contributed by atoms with Crippen LogP contribution in [-0.4, -0.2) is 15.9 Å². The van der Waals surface area contributed by atoms with Gasteiger partial charge in [-0.3, -0.25) is 4.79 Å². The van der Waals surface area contributed by atoms with Gasteiger partial charge in [0, 0.05) is 24.4 Å². The topological polar surface area (TPSA) is 75.9 Å². The summed E-state index contributed by atoms with van der Waals surface area (Å²) < 4.78 is 5.21. The molecule has 158 valence electrons. The number of carbonyl (C=O) groups is 1. The van der Waals surface area contributed by atoms with Crippen LogP contribution in [0.25, 0.3) is 11.4 Å². The summed E-state index contributed by atoms with van der Waals surface area (Å²) in [5, 5.41) is 9.40. The molecule has 0 spiro atoms. The maximum atomic E-state index is 11.5. The van der Waals surface area contributed by atoms with Crippen LogP contribution in [0.2, 0.25) is 0 Å². The number of unbranched alkanes of at least 4 members (excludes halogenated alkanes) is 2. The highest BCUT2D eigenvalue weighted by Crippen LogP contribution is 2.37. The van der Waals surface area contributed by atoms with E-state index in [1.807, 2.05) is 12.4 Å². The number of nitriles is 1. The number of carbonyl (C=O) groups excluding carboxylic acids is 1. The molecule has 5 nitrogen and oxygen atoms in total. The summed E-state index contributed by atoms with van der Waals surface area (Å²) in [5.74, 6) is 1.93. The van der Waals surface area contributed by atoms with E-state index in [9.17, 15) is 10.1 Å². The van der Waals surface area contributed by atoms with Crippen LogP contribution in [0.5, 0.6) is 5.75 Å². The number of esters is 1. The zero-order valence-corrected chi connectivity index (χ0v) is 18.1. The molecule has 1 aromatic heterocycles. The summed E-state index contributed by atoms with van der Waals surface area (Å²) in [6.07, 6.45) is 14.6. The first-order valence-electron chi connectivity index (χ1n) is 11.2. The third-order valence-corrected chi connectivity index (χ3v) is 6.08. The first-order chi connectivity index (χ1) is 14.6. The number of aromatic nitrogens is 2. The van der Waals surface area contributed by atoms with Crippen molar-refractivity contribution in [3.8, 4) is 23.2 Å². The lowest BCUT2D eigenvalue weighted by Gasteiger charge is -2.28. The number of rotatable bonds is 8. The standard InChI is InChI=1S/C25H31N3O2/c1-3-5-6-7-18-8-10-19(11-9-18)22-16-27-25(28-17-22)20-12-13-23(21(14-20)15-26)30-24(29)4-2/h12-14,16-19H,3-11H2,1-2H3. The molecule has 1 aliphatic rings. The average Bonchev–Trinajstić information content (AvgIpc) is 2.80. The Morgan fingerprint density at radius 3 is 2.50 bits per heavy atom. The van der Waals surface area contributed by atoms with Gasteiger partial charge in [-0.15, -0.1) is 0 Å². The van der Waals surface area contributed by atoms with E-state index in [4.69, 9.17) is 4.74 Å². The maximum absolute atomic E-state index is 11.5. The van der Waals surface area contributed by atoms with Crippen LogP contribution in [-0.2, 0) is 4.79 Å². The quantitative estimate of drug-likeness (QED) is 0.297. The van der Waals surface area contributed by atoms with Crippen molar-refractivity contribution < 1.29 is 9.53 Å². The monoisotopic (exact) mass is 405 g/mol. The maximum Gasteiger partial charge on any atom is 0.310 e. The fourth-order valence-electron chi connectivity index (χ4n) is 4.21. The summed E-state index contributed by atoms with van der Waals surface area (Å²) in [4.78, 5) is 20.6. The van der Waals surface area contributed by atoms with Crippen molar-refractivity contribution in [3.05, 3.63) is 41.7 Å². The largest absolute Gasteiger partial charge is 0.425 e. The predicted octanol–water partition coefficient (Wildman–Crippen LogP) is 6.18. The van der Waals surface area contributed by atoms with Gasteiger partial charge in [0.25, 0.3) is 0 Å². The highest BCUT2D eigenvalue weighted by Gasteiger charge is 2.22. The number of ether oxygens (including phenoxy) is 1. The molecule has 1 aromatic carbocycles. The average molecular weight is 406 g/mol. The van der Waals surface area contributed by atoms with E-state index in [-0.39, 0.29) is 18.1 Å². The van der Waals surface area contributed by atoms with Crippen LogP contribution < -0.4 is 4.74 Å². The van der Waals surface area contributed by atoms with E-state index >= 15 is 0 Å². The summed E-state index contributed by atoms with van der Waals surface area (Å²) in [6.45, 7) is 3.98. The molecular formula is C25H31N3O2. The van der Waals surface area contributed by atoms with Crippen LogP contribution in [0.15, 0.2) is 30.6 Å². The Morgan fingerprint density at radius 2 is 1.87 bits per heavy atom. The Hall–Kier alpha value is -2.74. The minimum absolute atomic E-state index is 0.262. The van der Waals surface area contributed by atoms with E-state index in [1.54, 1.807) is 25.1 Å². The zero-order valence-electron chi connectivity index (χ0n) is 18.1. The molecule has 1 saturated carbocycles. The second-order valence-electron chi connectivity index (χ2n) is 8.20. The number of benzene rings is 1. The van der Waals surface area contributed by atoms with E-state index in [0.717, 1.165) is 11.5 Å². The van der Waals surface area contributed by atoms with Gasteiger partial charge in [0.1, 0.15) is 11.8 Å². The van der Waals surface area contributed by atoms with Crippen molar-refractivity contribution in [2.24, 2.45) is 5.92 Å². The van der Waals surface area contributed by atoms with E-state index in [0.29, 0.717) is 17.3 Å². The van der Waals surface area contributed by atoms with Crippen LogP contribution >= 0.6 is 0 Å². The first-order valence-corrected chi connectivity index (χ1v) is 11.2. The number of nitrogens with zero attached hydrogens (tertiary/aromatic N) is 3. The zero-order chi connectivity index (χ0) is 21.3. The predicted molar refractivity (Wildman–Crippen MR) is 117 cm³/mol. The van der Waals surface area contributed by atoms with Crippen LogP contribution in [0, 0.1) is 17.2 Å². The van der Waals surface area contributed by atoms with Gasteiger partial charge in [-0.05, 0) is 61.3 Å². The molecule has 1 heterocycles. The lowest BCUT2D eigenvalue weighted by molar-refractivity contribution is -0.134. The van der Waals surface area contributed by atoms with E-state index < -0.39 is 0 Å².